The van der Waals surface area contributed by atoms with Gasteiger partial charge in [0.1, 0.15) is 6.54 Å². The first-order valence-corrected chi connectivity index (χ1v) is 5.81. The molecule has 1 aromatic rings. The quantitative estimate of drug-likeness (QED) is 0.546. The zero-order valence-corrected chi connectivity index (χ0v) is 10.7. The molecule has 0 atom stereocenters. The number of carbonyl (C=O) groups is 2. The lowest BCUT2D eigenvalue weighted by Crippen LogP contribution is -2.35. The van der Waals surface area contributed by atoms with E-state index < -0.39 is 13.1 Å². The van der Waals surface area contributed by atoms with E-state index in [0.29, 0.717) is 23.2 Å². The van der Waals surface area contributed by atoms with Crippen molar-refractivity contribution < 1.29 is 24.0 Å². The summed E-state index contributed by atoms with van der Waals surface area (Å²) in [6, 6.07) is 3.40. The Morgan fingerprint density at radius 3 is 2.95 bits per heavy atom. The van der Waals surface area contributed by atoms with Crippen molar-refractivity contribution in [2.45, 2.75) is 13.5 Å². The summed E-state index contributed by atoms with van der Waals surface area (Å²) >= 11 is 0. The highest BCUT2D eigenvalue weighted by Crippen LogP contribution is 2.16. The maximum absolute atomic E-state index is 12.0. The number of hydrogen-bond acceptors (Lipinski definition) is 5. The van der Waals surface area contributed by atoms with Gasteiger partial charge in [0.2, 0.25) is 0 Å². The predicted octanol–water partition coefficient (Wildman–Crippen LogP) is -0.884. The third kappa shape index (κ3) is 2.62. The second kappa shape index (κ2) is 5.42. The maximum Gasteiger partial charge on any atom is 0.492 e. The van der Waals surface area contributed by atoms with Crippen LogP contribution >= 0.6 is 0 Å². The van der Waals surface area contributed by atoms with E-state index in [4.69, 9.17) is 4.65 Å². The number of nitrogens with one attached hydrogen (secondary N) is 1. The molecule has 0 aliphatic carbocycles. The summed E-state index contributed by atoms with van der Waals surface area (Å²) in [7, 11) is 0.256. The van der Waals surface area contributed by atoms with E-state index in [0.717, 1.165) is 5.56 Å². The number of rotatable bonds is 3. The number of fused-ring (bicyclic) bond motifs is 1. The summed E-state index contributed by atoms with van der Waals surface area (Å²) < 4.78 is 9.55. The third-order valence-electron chi connectivity index (χ3n) is 3.11. The van der Waals surface area contributed by atoms with Crippen molar-refractivity contribution in [3.63, 3.8) is 0 Å². The van der Waals surface area contributed by atoms with Crippen LogP contribution in [0.3, 0.4) is 0 Å². The van der Waals surface area contributed by atoms with E-state index in [9.17, 15) is 14.6 Å². The molecule has 0 fully saturated rings. The van der Waals surface area contributed by atoms with Gasteiger partial charge >= 0.3 is 13.1 Å². The van der Waals surface area contributed by atoms with Gasteiger partial charge in [0, 0.05) is 5.56 Å². The van der Waals surface area contributed by atoms with Crippen LogP contribution in [-0.2, 0) is 20.8 Å². The van der Waals surface area contributed by atoms with Crippen LogP contribution in [0, 0.1) is 6.92 Å². The molecular formula is C12H14BNO5. The number of benzene rings is 1. The Hall–Kier alpha value is -1.86. The van der Waals surface area contributed by atoms with Crippen LogP contribution in [0.15, 0.2) is 12.1 Å². The van der Waals surface area contributed by atoms with Gasteiger partial charge in [-0.1, -0.05) is 6.07 Å². The highest BCUT2D eigenvalue weighted by molar-refractivity contribution is 6.62. The van der Waals surface area contributed by atoms with Gasteiger partial charge in [-0.15, -0.1) is 0 Å². The third-order valence-corrected chi connectivity index (χ3v) is 3.11. The lowest BCUT2D eigenvalue weighted by atomic mass is 9.75. The molecule has 1 aromatic carbocycles. The summed E-state index contributed by atoms with van der Waals surface area (Å²) in [5.74, 6) is -0.902. The van der Waals surface area contributed by atoms with E-state index in [1.54, 1.807) is 19.1 Å². The molecule has 0 saturated carbocycles. The van der Waals surface area contributed by atoms with Crippen LogP contribution < -0.4 is 10.8 Å². The maximum atomic E-state index is 12.0. The fourth-order valence-electron chi connectivity index (χ4n) is 2.07. The van der Waals surface area contributed by atoms with E-state index in [-0.39, 0.29) is 12.5 Å². The molecule has 1 aliphatic rings. The summed E-state index contributed by atoms with van der Waals surface area (Å²) in [6.45, 7) is 1.89. The highest BCUT2D eigenvalue weighted by Gasteiger charge is 2.31. The molecule has 6 nitrogen and oxygen atoms in total. The molecule has 0 radical (unpaired) electrons. The summed E-state index contributed by atoms with van der Waals surface area (Å²) in [4.78, 5) is 22.9. The molecule has 0 bridgehead atoms. The first kappa shape index (κ1) is 13.6. The van der Waals surface area contributed by atoms with Crippen molar-refractivity contribution in [2.24, 2.45) is 0 Å². The Morgan fingerprint density at radius 2 is 2.26 bits per heavy atom. The predicted molar refractivity (Wildman–Crippen MR) is 67.9 cm³/mol. The number of amides is 1. The molecule has 100 valence electrons. The van der Waals surface area contributed by atoms with Gasteiger partial charge in [-0.2, -0.15) is 0 Å². The largest absolute Gasteiger partial charge is 0.492 e. The monoisotopic (exact) mass is 263 g/mol. The van der Waals surface area contributed by atoms with Crippen molar-refractivity contribution >= 4 is 24.5 Å². The zero-order valence-electron chi connectivity index (χ0n) is 10.7. The van der Waals surface area contributed by atoms with Crippen molar-refractivity contribution in [3.05, 3.63) is 28.8 Å². The average molecular weight is 263 g/mol. The van der Waals surface area contributed by atoms with E-state index in [1.165, 1.54) is 7.11 Å². The minimum Gasteiger partial charge on any atom is -0.468 e. The number of carbonyl (C=O) groups excluding carboxylic acids is 2. The highest BCUT2D eigenvalue weighted by atomic mass is 16.5. The fourth-order valence-corrected chi connectivity index (χ4v) is 2.07. The first-order chi connectivity index (χ1) is 9.04. The van der Waals surface area contributed by atoms with Gasteiger partial charge in [-0.05, 0) is 29.6 Å². The van der Waals surface area contributed by atoms with E-state index in [2.05, 4.69) is 10.1 Å². The Balaban J connectivity index is 2.20. The Kier molecular flexibility index (Phi) is 3.87. The molecular weight excluding hydrogens is 249 g/mol. The molecule has 19 heavy (non-hydrogen) atoms. The minimum absolute atomic E-state index is 0.190. The van der Waals surface area contributed by atoms with Gasteiger partial charge in [0.15, 0.2) is 0 Å². The minimum atomic E-state index is -0.997. The zero-order chi connectivity index (χ0) is 14.0. The van der Waals surface area contributed by atoms with Crippen molar-refractivity contribution in [1.29, 1.82) is 0 Å². The molecule has 7 heteroatoms. The van der Waals surface area contributed by atoms with E-state index in [1.807, 2.05) is 0 Å². The molecule has 0 spiro atoms. The van der Waals surface area contributed by atoms with Crippen LogP contribution in [-0.4, -0.2) is 37.7 Å². The molecule has 1 amide bonds. The SMILES string of the molecule is COC(=O)CNC(=O)c1ccc2c(c1C)B(O)OC2. The van der Waals surface area contributed by atoms with Gasteiger partial charge in [0.25, 0.3) is 5.91 Å². The van der Waals surface area contributed by atoms with Gasteiger partial charge in [-0.3, -0.25) is 9.59 Å². The van der Waals surface area contributed by atoms with Crippen LogP contribution in [0.1, 0.15) is 21.5 Å². The first-order valence-electron chi connectivity index (χ1n) is 5.81. The van der Waals surface area contributed by atoms with Crippen LogP contribution in [0.25, 0.3) is 0 Å². The number of ether oxygens (including phenoxy) is 1. The molecule has 0 aromatic heterocycles. The summed E-state index contributed by atoms with van der Waals surface area (Å²) in [5, 5.41) is 12.2. The molecule has 0 saturated heterocycles. The van der Waals surface area contributed by atoms with Crippen molar-refractivity contribution in [3.8, 4) is 0 Å². The second-order valence-electron chi connectivity index (χ2n) is 4.23. The van der Waals surface area contributed by atoms with Crippen LogP contribution in [0.4, 0.5) is 0 Å². The molecule has 2 N–H and O–H groups in total. The van der Waals surface area contributed by atoms with E-state index >= 15 is 0 Å². The second-order valence-corrected chi connectivity index (χ2v) is 4.23. The van der Waals surface area contributed by atoms with Crippen molar-refractivity contribution in [2.75, 3.05) is 13.7 Å². The fraction of sp³-hybridized carbons (Fsp3) is 0.333. The van der Waals surface area contributed by atoms with Crippen molar-refractivity contribution in [1.82, 2.24) is 5.32 Å². The van der Waals surface area contributed by atoms with Crippen LogP contribution in [0.2, 0.25) is 0 Å². The molecule has 1 heterocycles. The van der Waals surface area contributed by atoms with Crippen LogP contribution in [0.5, 0.6) is 0 Å². The number of methoxy groups -OCH3 is 1. The lowest BCUT2D eigenvalue weighted by molar-refractivity contribution is -0.139. The topological polar surface area (TPSA) is 84.9 Å². The normalized spacial score (nSPS) is 13.1. The van der Waals surface area contributed by atoms with Gasteiger partial charge < -0.3 is 19.7 Å². The summed E-state index contributed by atoms with van der Waals surface area (Å²) in [5.41, 5.74) is 2.57. The average Bonchev–Trinajstić information content (AvgIpc) is 2.78. The Morgan fingerprint density at radius 1 is 1.53 bits per heavy atom. The lowest BCUT2D eigenvalue weighted by Gasteiger charge is -2.10. The number of esters is 1. The standard InChI is InChI=1S/C12H14BNO5/c1-7-9(12(16)14-5-10(15)18-2)4-3-8-6-19-13(17)11(7)8/h3-4,17H,5-6H2,1-2H3,(H,14,16). The Bertz CT molecular complexity index is 531. The molecule has 1 aliphatic heterocycles. The Labute approximate surface area is 110 Å². The number of hydrogen-bond donors (Lipinski definition) is 2. The smallest absolute Gasteiger partial charge is 0.468 e. The van der Waals surface area contributed by atoms with Gasteiger partial charge in [0.05, 0.1) is 13.7 Å². The molecule has 0 unspecified atom stereocenters. The molecule has 2 rings (SSSR count). The summed E-state index contributed by atoms with van der Waals surface area (Å²) in [6.07, 6.45) is 0. The van der Waals surface area contributed by atoms with Gasteiger partial charge in [-0.25, -0.2) is 0 Å².